The van der Waals surface area contributed by atoms with E-state index in [0.29, 0.717) is 63.0 Å². The van der Waals surface area contributed by atoms with E-state index in [1.807, 2.05) is 6.07 Å². The van der Waals surface area contributed by atoms with Gasteiger partial charge in [-0.25, -0.2) is 0 Å². The molecular weight excluding hydrogens is 464 g/mol. The van der Waals surface area contributed by atoms with Crippen molar-refractivity contribution in [1.29, 1.82) is 0 Å². The van der Waals surface area contributed by atoms with Gasteiger partial charge in [-0.3, -0.25) is 9.78 Å². The number of ether oxygens (including phenoxy) is 1. The van der Waals surface area contributed by atoms with E-state index in [-0.39, 0.29) is 11.1 Å². The number of nitrogens with zero attached hydrogens (tertiary/aromatic N) is 3. The van der Waals surface area contributed by atoms with E-state index in [4.69, 9.17) is 16.3 Å². The molecule has 1 aliphatic rings. The smallest absolute Gasteiger partial charge is 0.343 e. The molecule has 0 spiro atoms. The Morgan fingerprint density at radius 2 is 2.12 bits per heavy atom. The maximum atomic E-state index is 12.9. The maximum absolute atomic E-state index is 12.9. The summed E-state index contributed by atoms with van der Waals surface area (Å²) in [6, 6.07) is 7.14. The molecule has 1 atom stereocenters. The van der Waals surface area contributed by atoms with Gasteiger partial charge >= 0.3 is 5.16 Å². The number of pyridine rings is 1. The lowest BCUT2D eigenvalue weighted by Crippen LogP contribution is -2.31. The first-order chi connectivity index (χ1) is 16.0. The summed E-state index contributed by atoms with van der Waals surface area (Å²) < 4.78 is 17.5. The van der Waals surface area contributed by atoms with Gasteiger partial charge in [0.1, 0.15) is 17.3 Å². The Balaban J connectivity index is 1.75. The monoisotopic (exact) mass is 482 g/mol. The average Bonchev–Trinajstić information content (AvgIpc) is 3.17. The first-order valence-corrected chi connectivity index (χ1v) is 12.0. The highest BCUT2D eigenvalue weighted by molar-refractivity contribution is 7.90. The zero-order valence-electron chi connectivity index (χ0n) is 17.7. The lowest BCUT2D eigenvalue weighted by molar-refractivity contribution is 0.0947. The molecule has 11 heteroatoms. The lowest BCUT2D eigenvalue weighted by atomic mass is 10.0. The molecule has 0 fully saturated rings. The number of anilines is 2. The molecule has 4 heterocycles. The first-order valence-electron chi connectivity index (χ1n) is 10.1. The van der Waals surface area contributed by atoms with Crippen molar-refractivity contribution in [3.63, 3.8) is 0 Å². The number of hydrogen-bond donors (Lipinski definition) is 3. The van der Waals surface area contributed by atoms with E-state index in [9.17, 15) is 9.35 Å². The molecule has 0 saturated heterocycles. The van der Waals surface area contributed by atoms with Crippen molar-refractivity contribution in [3.8, 4) is 17.0 Å². The Bertz CT molecular complexity index is 1390. The molecule has 1 aliphatic heterocycles. The van der Waals surface area contributed by atoms with Crippen LogP contribution in [0.3, 0.4) is 0 Å². The third kappa shape index (κ3) is 3.75. The predicted molar refractivity (Wildman–Crippen MR) is 127 cm³/mol. The molecule has 3 N–H and O–H groups in total. The molecule has 1 aromatic carbocycles. The molecule has 33 heavy (non-hydrogen) atoms. The Kier molecular flexibility index (Phi) is 5.57. The van der Waals surface area contributed by atoms with Gasteiger partial charge in [-0.05, 0) is 18.2 Å². The molecule has 0 bridgehead atoms. The van der Waals surface area contributed by atoms with Gasteiger partial charge in [0.15, 0.2) is 5.75 Å². The van der Waals surface area contributed by atoms with Gasteiger partial charge in [-0.15, -0.1) is 0 Å². The number of aromatic amines is 1. The van der Waals surface area contributed by atoms with Crippen LogP contribution in [0.2, 0.25) is 5.02 Å². The zero-order valence-corrected chi connectivity index (χ0v) is 19.3. The normalized spacial score (nSPS) is 14.0. The van der Waals surface area contributed by atoms with Crippen LogP contribution in [0, 0.1) is 0 Å². The topological polar surface area (TPSA) is 128 Å². The standard InChI is InChI=1S/C22H19ClN6O3S/c1-32-20-12(23)4-3-5-14(20)28-19-16-13(7-9-25-21(16)30)27-18(19)11-6-8-24-15-10-26-22(33(2)31)29-17(11)15/h3-6,8,10,27-28H,7,9H2,1-2H3,(H,25,30). The molecule has 5 rings (SSSR count). The Morgan fingerprint density at radius 1 is 1.27 bits per heavy atom. The van der Waals surface area contributed by atoms with Crippen LogP contribution in [-0.2, 0) is 17.6 Å². The van der Waals surface area contributed by atoms with Crippen molar-refractivity contribution in [2.45, 2.75) is 11.6 Å². The Morgan fingerprint density at radius 3 is 2.91 bits per heavy atom. The van der Waals surface area contributed by atoms with Gasteiger partial charge in [-0.2, -0.15) is 9.97 Å². The fourth-order valence-electron chi connectivity index (χ4n) is 3.92. The first kappa shape index (κ1) is 21.5. The summed E-state index contributed by atoms with van der Waals surface area (Å²) in [5, 5.41) is 6.89. The molecule has 0 aliphatic carbocycles. The summed E-state index contributed by atoms with van der Waals surface area (Å²) in [5.41, 5.74) is 4.90. The summed E-state index contributed by atoms with van der Waals surface area (Å²) in [4.78, 5) is 29.3. The van der Waals surface area contributed by atoms with Crippen molar-refractivity contribution >= 4 is 51.1 Å². The maximum Gasteiger partial charge on any atom is 0.343 e. The van der Waals surface area contributed by atoms with Gasteiger partial charge in [0, 0.05) is 41.6 Å². The van der Waals surface area contributed by atoms with E-state index >= 15 is 0 Å². The number of benzene rings is 1. The molecule has 0 radical (unpaired) electrons. The fraction of sp³-hybridized carbons (Fsp3) is 0.182. The second-order valence-corrected chi connectivity index (χ2v) is 9.06. The van der Waals surface area contributed by atoms with E-state index in [0.717, 1.165) is 5.69 Å². The summed E-state index contributed by atoms with van der Waals surface area (Å²) in [6.45, 7) is 0.532. The highest BCUT2D eigenvalue weighted by atomic mass is 35.5. The van der Waals surface area contributed by atoms with E-state index in [1.165, 1.54) is 13.4 Å². The van der Waals surface area contributed by atoms with Crippen LogP contribution in [0.25, 0.3) is 22.3 Å². The van der Waals surface area contributed by atoms with Crippen LogP contribution >= 0.6 is 11.6 Å². The molecule has 168 valence electrons. The third-order valence-electron chi connectivity index (χ3n) is 5.38. The number of nitrogens with one attached hydrogen (secondary N) is 3. The van der Waals surface area contributed by atoms with E-state index in [1.54, 1.807) is 30.6 Å². The number of para-hydroxylation sites is 1. The van der Waals surface area contributed by atoms with E-state index in [2.05, 4.69) is 30.6 Å². The summed E-state index contributed by atoms with van der Waals surface area (Å²) >= 11 is 4.95. The van der Waals surface area contributed by atoms with Gasteiger partial charge in [0.2, 0.25) is 0 Å². The SMILES string of the molecule is COc1c(Cl)cccc1Nc1c(-c2ccnc3cnc([S+](C)[O-])nc23)[nH]c2c1C(=O)NCC2. The number of hydrogen-bond acceptors (Lipinski definition) is 7. The number of aromatic nitrogens is 4. The van der Waals surface area contributed by atoms with Crippen LogP contribution in [0.1, 0.15) is 16.1 Å². The molecule has 0 saturated carbocycles. The van der Waals surface area contributed by atoms with Crippen molar-refractivity contribution in [3.05, 3.63) is 52.9 Å². The minimum atomic E-state index is -1.36. The van der Waals surface area contributed by atoms with Crippen LogP contribution < -0.4 is 15.4 Å². The third-order valence-corrected chi connectivity index (χ3v) is 6.39. The summed E-state index contributed by atoms with van der Waals surface area (Å²) in [6.07, 6.45) is 5.36. The van der Waals surface area contributed by atoms with Crippen molar-refractivity contribution < 1.29 is 14.1 Å². The molecule has 9 nitrogen and oxygen atoms in total. The lowest BCUT2D eigenvalue weighted by Gasteiger charge is -2.17. The highest BCUT2D eigenvalue weighted by Gasteiger charge is 2.29. The molecular formula is C22H19ClN6O3S. The minimum absolute atomic E-state index is 0.189. The quantitative estimate of drug-likeness (QED) is 0.293. The highest BCUT2D eigenvalue weighted by Crippen LogP contribution is 2.41. The molecule has 1 unspecified atom stereocenters. The molecule has 3 aromatic heterocycles. The van der Waals surface area contributed by atoms with Crippen molar-refractivity contribution in [2.24, 2.45) is 0 Å². The van der Waals surface area contributed by atoms with Gasteiger partial charge in [-0.1, -0.05) is 17.7 Å². The number of carbonyl (C=O) groups is 1. The average molecular weight is 483 g/mol. The number of H-pyrrole nitrogens is 1. The predicted octanol–water partition coefficient (Wildman–Crippen LogP) is 3.45. The number of amides is 1. The van der Waals surface area contributed by atoms with Gasteiger partial charge in [0.05, 0.1) is 41.0 Å². The number of rotatable bonds is 5. The van der Waals surface area contributed by atoms with Crippen LogP contribution in [0.15, 0.2) is 41.8 Å². The van der Waals surface area contributed by atoms with Crippen LogP contribution in [-0.4, -0.2) is 50.3 Å². The molecule has 4 aromatic rings. The summed E-state index contributed by atoms with van der Waals surface area (Å²) in [7, 11) is 1.53. The number of fused-ring (bicyclic) bond motifs is 2. The van der Waals surface area contributed by atoms with Gasteiger partial charge in [0.25, 0.3) is 5.91 Å². The minimum Gasteiger partial charge on any atom is -0.609 e. The number of carbonyl (C=O) groups excluding carboxylic acids is 1. The second kappa shape index (κ2) is 8.54. The summed E-state index contributed by atoms with van der Waals surface area (Å²) in [5.74, 6) is 0.271. The second-order valence-electron chi connectivity index (χ2n) is 7.38. The Hall–Kier alpha value is -3.34. The van der Waals surface area contributed by atoms with Crippen LogP contribution in [0.4, 0.5) is 11.4 Å². The fourth-order valence-corrected chi connectivity index (χ4v) is 4.59. The number of methoxy groups -OCH3 is 1. The largest absolute Gasteiger partial charge is 0.609 e. The molecule has 1 amide bonds. The zero-order chi connectivity index (χ0) is 23.1. The Labute approximate surface area is 197 Å². The number of halogens is 1. The van der Waals surface area contributed by atoms with Gasteiger partial charge < -0.3 is 24.9 Å². The van der Waals surface area contributed by atoms with Crippen LogP contribution in [0.5, 0.6) is 5.75 Å². The van der Waals surface area contributed by atoms with Crippen molar-refractivity contribution in [1.82, 2.24) is 25.3 Å². The van der Waals surface area contributed by atoms with Crippen molar-refractivity contribution in [2.75, 3.05) is 25.2 Å². The van der Waals surface area contributed by atoms with E-state index < -0.39 is 11.2 Å².